The second-order valence-corrected chi connectivity index (χ2v) is 0. The van der Waals surface area contributed by atoms with Crippen LogP contribution in [0.3, 0.4) is 0 Å². The van der Waals surface area contributed by atoms with E-state index in [2.05, 4.69) is 30.8 Å². The topological polar surface area (TPSA) is 34.1 Å². The molecule has 0 aromatic carbocycles. The molecule has 0 N–H and O–H groups in total. The van der Waals surface area contributed by atoms with Crippen LogP contribution in [0.25, 0.3) is 0 Å². The zero-order chi connectivity index (χ0) is 4.00. The molecule has 0 saturated heterocycles. The fraction of sp³-hybridized carbons (Fsp3) is 0. The van der Waals surface area contributed by atoms with Gasteiger partial charge in [0, 0.05) is 0 Å². The summed E-state index contributed by atoms with van der Waals surface area (Å²) in [6.07, 6.45) is 0. The molecule has 0 atom stereocenters. The van der Waals surface area contributed by atoms with Crippen LogP contribution >= 0.6 is 0 Å². The van der Waals surface area contributed by atoms with Crippen molar-refractivity contribution in [1.29, 1.82) is 0 Å². The van der Waals surface area contributed by atoms with Gasteiger partial charge in [-0.1, -0.05) is 0 Å². The second-order valence-electron chi connectivity index (χ2n) is 0. The van der Waals surface area contributed by atoms with Gasteiger partial charge in [0.2, 0.25) is 0 Å². The minimum absolute atomic E-state index is 0. The van der Waals surface area contributed by atoms with Crippen LogP contribution in [0.2, 0.25) is 0 Å². The normalized spacial score (nSPS) is 3.00. The Morgan fingerprint density at radius 1 is 1.00 bits per heavy atom. The van der Waals surface area contributed by atoms with Crippen molar-refractivity contribution in [2.24, 2.45) is 0 Å². The van der Waals surface area contributed by atoms with Crippen molar-refractivity contribution in [3.63, 3.8) is 0 Å². The van der Waals surface area contributed by atoms with Gasteiger partial charge in [0.25, 0.3) is 0 Å². The van der Waals surface area contributed by atoms with E-state index in [0.717, 1.165) is 0 Å². The van der Waals surface area contributed by atoms with Crippen molar-refractivity contribution < 1.29 is 40.0 Å². The predicted octanol–water partition coefficient (Wildman–Crippen LogP) is -0.130. The number of hydrogen-bond donors (Lipinski definition) is 0. The summed E-state index contributed by atoms with van der Waals surface area (Å²) in [7, 11) is 0. The van der Waals surface area contributed by atoms with Gasteiger partial charge < -0.3 is 0 Å². The summed E-state index contributed by atoms with van der Waals surface area (Å²) in [6.45, 7) is 0. The van der Waals surface area contributed by atoms with Gasteiger partial charge in [-0.05, 0) is 0 Å². The molecule has 0 heterocycles. The van der Waals surface area contributed by atoms with Crippen LogP contribution < -0.4 is 0 Å². The van der Waals surface area contributed by atoms with E-state index in [1.807, 2.05) is 0 Å². The summed E-state index contributed by atoms with van der Waals surface area (Å²) in [5.74, 6) is 0. The van der Waals surface area contributed by atoms with Crippen molar-refractivity contribution in [2.75, 3.05) is 0 Å². The van der Waals surface area contributed by atoms with Crippen molar-refractivity contribution in [1.82, 2.24) is 0 Å². The van der Waals surface area contributed by atoms with E-state index in [0.29, 0.717) is 0 Å². The Bertz CT molecular complexity index is 9.61. The first-order chi connectivity index (χ1) is 2.00. The predicted molar refractivity (Wildman–Crippen MR) is 2.49 cm³/mol. The Balaban J connectivity index is -0.0000000133. The molecule has 0 amide bonds. The Hall–Kier alpha value is 0.587. The van der Waals surface area contributed by atoms with Crippen LogP contribution in [0.4, 0.5) is 0 Å². The van der Waals surface area contributed by atoms with Crippen LogP contribution in [0.5, 0.6) is 0 Å². The Morgan fingerprint density at radius 2 is 1.00 bits per heavy atom. The third kappa shape index (κ3) is 18.9. The van der Waals surface area contributed by atoms with E-state index in [-0.39, 0.29) is 1.43 Å². The fourth-order valence-electron chi connectivity index (χ4n) is 0. The van der Waals surface area contributed by atoms with E-state index in [1.165, 1.54) is 0 Å². The molecule has 0 aliphatic rings. The van der Waals surface area contributed by atoms with Gasteiger partial charge in [-0.2, -0.15) is 0 Å². The van der Waals surface area contributed by atoms with Gasteiger partial charge in [0.15, 0.2) is 0 Å². The van der Waals surface area contributed by atoms with Gasteiger partial charge in [0.05, 0.1) is 0 Å². The van der Waals surface area contributed by atoms with Crippen molar-refractivity contribution in [3.8, 4) is 0 Å². The van der Waals surface area contributed by atoms with Crippen LogP contribution in [0.15, 0.2) is 0 Å². The fourth-order valence-corrected chi connectivity index (χ4v) is 0. The molecule has 0 fully saturated rings. The molecule has 32 valence electrons. The Morgan fingerprint density at radius 3 is 1.00 bits per heavy atom. The van der Waals surface area contributed by atoms with Crippen LogP contribution in [0, 0.1) is 0 Å². The number of hydrogen-bond acceptors (Lipinski definition) is 2. The van der Waals surface area contributed by atoms with Crippen molar-refractivity contribution in [3.05, 3.63) is 0 Å². The molecule has 0 unspecified atom stereocenters. The summed E-state index contributed by atoms with van der Waals surface area (Å²) in [4.78, 5) is 0. The molecular formula is HNi2O2+. The summed E-state index contributed by atoms with van der Waals surface area (Å²) in [6, 6.07) is 0. The zero-order valence-electron chi connectivity index (χ0n) is 2.45. The second kappa shape index (κ2) is 69.7. The first kappa shape index (κ1) is 8.82. The summed E-state index contributed by atoms with van der Waals surface area (Å²) >= 11 is 5.25. The average molecular weight is 150 g/mol. The molecular weight excluding hydrogens is 149 g/mol. The standard InChI is InChI=1S/2Ni.2O/p+1. The molecule has 0 bridgehead atoms. The summed E-state index contributed by atoms with van der Waals surface area (Å²) in [5, 5.41) is 0. The Kier molecular flexibility index (Phi) is 154. The molecule has 0 aliphatic carbocycles. The molecule has 4 heteroatoms. The van der Waals surface area contributed by atoms with E-state index in [1.54, 1.807) is 0 Å². The minimum atomic E-state index is 0. The van der Waals surface area contributed by atoms with Gasteiger partial charge in [-0.3, -0.25) is 0 Å². The van der Waals surface area contributed by atoms with Crippen LogP contribution in [-0.4, -0.2) is 0 Å². The van der Waals surface area contributed by atoms with Gasteiger partial charge in [-0.15, -0.1) is 0 Å². The zero-order valence-corrected chi connectivity index (χ0v) is 3.42. The third-order valence-corrected chi connectivity index (χ3v) is 0. The monoisotopic (exact) mass is 149 g/mol. The van der Waals surface area contributed by atoms with E-state index in [9.17, 15) is 0 Å². The molecule has 2 nitrogen and oxygen atoms in total. The Labute approximate surface area is 40.6 Å². The first-order valence-electron chi connectivity index (χ1n) is 0.258. The van der Waals surface area contributed by atoms with E-state index >= 15 is 0 Å². The van der Waals surface area contributed by atoms with Crippen molar-refractivity contribution >= 4 is 0 Å². The molecule has 0 aromatic rings. The molecule has 0 saturated carbocycles. The maximum absolute atomic E-state index is 7.88. The van der Waals surface area contributed by atoms with Gasteiger partial charge in [-0.25, -0.2) is 0 Å². The SMILES string of the molecule is [H+].[O]=[Ni].[O]=[Ni]. The molecule has 0 rings (SSSR count). The van der Waals surface area contributed by atoms with Crippen LogP contribution in [0.1, 0.15) is 1.43 Å². The maximum atomic E-state index is 7.88. The molecule has 0 aromatic heterocycles. The van der Waals surface area contributed by atoms with E-state index < -0.39 is 0 Å². The summed E-state index contributed by atoms with van der Waals surface area (Å²) < 4.78 is 15.8. The number of rotatable bonds is 0. The van der Waals surface area contributed by atoms with Crippen LogP contribution in [-0.2, 0) is 38.6 Å². The van der Waals surface area contributed by atoms with Crippen molar-refractivity contribution in [2.45, 2.75) is 0 Å². The first-order valence-corrected chi connectivity index (χ1v) is 1.06. The molecule has 0 aliphatic heterocycles. The molecule has 0 spiro atoms. The van der Waals surface area contributed by atoms with Gasteiger partial charge in [0.1, 0.15) is 0 Å². The quantitative estimate of drug-likeness (QED) is 0.451. The van der Waals surface area contributed by atoms with Gasteiger partial charge >= 0.3 is 40.0 Å². The molecule has 4 heavy (non-hydrogen) atoms. The van der Waals surface area contributed by atoms with E-state index in [4.69, 9.17) is 7.79 Å². The summed E-state index contributed by atoms with van der Waals surface area (Å²) in [5.41, 5.74) is 0. The average Bonchev–Trinajstić information content (AvgIpc) is 1.50. The molecule has 0 radical (unpaired) electrons. The third-order valence-electron chi connectivity index (χ3n) is 0.